The molecule has 0 amide bonds. The van der Waals surface area contributed by atoms with Gasteiger partial charge in [-0.3, -0.25) is 0 Å². The Labute approximate surface area is 129 Å². The van der Waals surface area contributed by atoms with Gasteiger partial charge in [-0.05, 0) is 29.0 Å². The standard InChI is InChI=1S/C17H19N3O2/c1-11(2)12-3-4-14-10-20(6-5-13(14)7-12)17-18-8-15(9-19-17)16(21)22/h3-4,7-9,11H,5-6,10H2,1-2H3,(H,21,22). The summed E-state index contributed by atoms with van der Waals surface area (Å²) in [4.78, 5) is 21.3. The van der Waals surface area contributed by atoms with Crippen molar-refractivity contribution < 1.29 is 9.90 Å². The molecule has 1 aromatic carbocycles. The van der Waals surface area contributed by atoms with Crippen molar-refractivity contribution >= 4 is 11.9 Å². The summed E-state index contributed by atoms with van der Waals surface area (Å²) in [5.41, 5.74) is 4.17. The van der Waals surface area contributed by atoms with E-state index in [2.05, 4.69) is 46.9 Å². The molecule has 3 rings (SSSR count). The van der Waals surface area contributed by atoms with Crippen LogP contribution < -0.4 is 4.90 Å². The van der Waals surface area contributed by atoms with Gasteiger partial charge in [-0.1, -0.05) is 32.0 Å². The van der Waals surface area contributed by atoms with E-state index in [1.165, 1.54) is 29.1 Å². The number of rotatable bonds is 3. The number of anilines is 1. The third kappa shape index (κ3) is 2.79. The second-order valence-corrected chi connectivity index (χ2v) is 5.93. The van der Waals surface area contributed by atoms with Crippen molar-refractivity contribution in [3.05, 3.63) is 52.8 Å². The topological polar surface area (TPSA) is 66.3 Å². The Morgan fingerprint density at radius 2 is 1.95 bits per heavy atom. The van der Waals surface area contributed by atoms with Gasteiger partial charge in [-0.15, -0.1) is 0 Å². The SMILES string of the molecule is CC(C)c1ccc2c(c1)CCN(c1ncc(C(=O)O)cn1)C2. The van der Waals surface area contributed by atoms with Gasteiger partial charge in [0.25, 0.3) is 0 Å². The van der Waals surface area contributed by atoms with Gasteiger partial charge in [0, 0.05) is 25.5 Å². The van der Waals surface area contributed by atoms with Crippen LogP contribution in [0.5, 0.6) is 0 Å². The number of carboxylic acids is 1. The maximum absolute atomic E-state index is 10.8. The Bertz CT molecular complexity index is 696. The van der Waals surface area contributed by atoms with Crippen molar-refractivity contribution in [1.82, 2.24) is 9.97 Å². The first-order chi connectivity index (χ1) is 10.5. The van der Waals surface area contributed by atoms with Gasteiger partial charge in [-0.25, -0.2) is 14.8 Å². The van der Waals surface area contributed by atoms with Gasteiger partial charge in [0.1, 0.15) is 0 Å². The Kier molecular flexibility index (Phi) is 3.79. The molecule has 0 bridgehead atoms. The van der Waals surface area contributed by atoms with Crippen molar-refractivity contribution in [3.8, 4) is 0 Å². The van der Waals surface area contributed by atoms with Gasteiger partial charge >= 0.3 is 5.97 Å². The predicted molar refractivity (Wildman–Crippen MR) is 84.3 cm³/mol. The fourth-order valence-corrected chi connectivity index (χ4v) is 2.70. The Morgan fingerprint density at radius 3 is 2.59 bits per heavy atom. The molecule has 1 aliphatic rings. The van der Waals surface area contributed by atoms with Crippen LogP contribution in [0.1, 0.15) is 46.8 Å². The number of aromatic nitrogens is 2. The van der Waals surface area contributed by atoms with Crippen molar-refractivity contribution in [3.63, 3.8) is 0 Å². The summed E-state index contributed by atoms with van der Waals surface area (Å²) < 4.78 is 0. The largest absolute Gasteiger partial charge is 0.478 e. The number of benzene rings is 1. The average Bonchev–Trinajstić information content (AvgIpc) is 2.54. The number of carbonyl (C=O) groups is 1. The number of aromatic carboxylic acids is 1. The molecule has 2 aromatic rings. The van der Waals surface area contributed by atoms with Gasteiger partial charge in [-0.2, -0.15) is 0 Å². The first-order valence-corrected chi connectivity index (χ1v) is 7.46. The lowest BCUT2D eigenvalue weighted by molar-refractivity contribution is 0.0696. The first kappa shape index (κ1) is 14.5. The molecule has 22 heavy (non-hydrogen) atoms. The van der Waals surface area contributed by atoms with Gasteiger partial charge in [0.2, 0.25) is 5.95 Å². The van der Waals surface area contributed by atoms with Crippen LogP contribution >= 0.6 is 0 Å². The first-order valence-electron chi connectivity index (χ1n) is 7.46. The van der Waals surface area contributed by atoms with Crippen molar-refractivity contribution in [1.29, 1.82) is 0 Å². The summed E-state index contributed by atoms with van der Waals surface area (Å²) in [6.07, 6.45) is 3.68. The third-order valence-corrected chi connectivity index (χ3v) is 4.08. The molecule has 0 unspecified atom stereocenters. The smallest absolute Gasteiger partial charge is 0.338 e. The highest BCUT2D eigenvalue weighted by Gasteiger charge is 2.19. The molecule has 0 saturated carbocycles. The molecule has 0 saturated heterocycles. The molecule has 1 aromatic heterocycles. The molecule has 5 nitrogen and oxygen atoms in total. The number of hydrogen-bond acceptors (Lipinski definition) is 4. The molecule has 0 spiro atoms. The molecule has 1 N–H and O–H groups in total. The highest BCUT2D eigenvalue weighted by Crippen LogP contribution is 2.25. The van der Waals surface area contributed by atoms with Crippen LogP contribution in [0.2, 0.25) is 0 Å². The van der Waals surface area contributed by atoms with E-state index in [1.807, 2.05) is 0 Å². The van der Waals surface area contributed by atoms with Gasteiger partial charge < -0.3 is 10.0 Å². The monoisotopic (exact) mass is 297 g/mol. The summed E-state index contributed by atoms with van der Waals surface area (Å²) >= 11 is 0. The van der Waals surface area contributed by atoms with E-state index in [9.17, 15) is 4.79 Å². The van der Waals surface area contributed by atoms with Gasteiger partial charge in [0.05, 0.1) is 5.56 Å². The van der Waals surface area contributed by atoms with E-state index in [4.69, 9.17) is 5.11 Å². The van der Waals surface area contributed by atoms with Crippen molar-refractivity contribution in [2.45, 2.75) is 32.7 Å². The minimum atomic E-state index is -1.00. The summed E-state index contributed by atoms with van der Waals surface area (Å²) in [5, 5.41) is 8.89. The van der Waals surface area contributed by atoms with Crippen LogP contribution in [0.15, 0.2) is 30.6 Å². The molecule has 5 heteroatoms. The Balaban J connectivity index is 1.80. The number of hydrogen-bond donors (Lipinski definition) is 1. The summed E-state index contributed by atoms with van der Waals surface area (Å²) in [5.74, 6) is 0.121. The zero-order valence-corrected chi connectivity index (χ0v) is 12.8. The van der Waals surface area contributed by atoms with Crippen LogP contribution in [0.3, 0.4) is 0 Å². The number of carboxylic acid groups (broad SMARTS) is 1. The fraction of sp³-hybridized carbons (Fsp3) is 0.353. The Morgan fingerprint density at radius 1 is 1.23 bits per heavy atom. The van der Waals surface area contributed by atoms with Gasteiger partial charge in [0.15, 0.2) is 0 Å². The second kappa shape index (κ2) is 5.75. The molecule has 114 valence electrons. The molecule has 0 atom stereocenters. The second-order valence-electron chi connectivity index (χ2n) is 5.93. The van der Waals surface area contributed by atoms with E-state index in [-0.39, 0.29) is 5.56 Å². The molecular formula is C17H19N3O2. The maximum Gasteiger partial charge on any atom is 0.338 e. The minimum Gasteiger partial charge on any atom is -0.478 e. The van der Waals surface area contributed by atoms with Crippen LogP contribution in [0.25, 0.3) is 0 Å². The molecule has 0 fully saturated rings. The molecule has 1 aliphatic heterocycles. The summed E-state index contributed by atoms with van der Waals surface area (Å²) in [6, 6.07) is 6.66. The average molecular weight is 297 g/mol. The quantitative estimate of drug-likeness (QED) is 0.943. The fourth-order valence-electron chi connectivity index (χ4n) is 2.70. The van der Waals surface area contributed by atoms with Crippen LogP contribution in [-0.4, -0.2) is 27.6 Å². The van der Waals surface area contributed by atoms with Crippen molar-refractivity contribution in [2.24, 2.45) is 0 Å². The lowest BCUT2D eigenvalue weighted by Gasteiger charge is -2.29. The Hall–Kier alpha value is -2.43. The number of nitrogens with zero attached hydrogens (tertiary/aromatic N) is 3. The van der Waals surface area contributed by atoms with Crippen LogP contribution in [0.4, 0.5) is 5.95 Å². The normalized spacial score (nSPS) is 14.0. The van der Waals surface area contributed by atoms with Crippen LogP contribution in [-0.2, 0) is 13.0 Å². The van der Waals surface area contributed by atoms with Crippen LogP contribution in [0, 0.1) is 0 Å². The zero-order chi connectivity index (χ0) is 15.7. The zero-order valence-electron chi connectivity index (χ0n) is 12.8. The van der Waals surface area contributed by atoms with E-state index >= 15 is 0 Å². The maximum atomic E-state index is 10.8. The summed E-state index contributed by atoms with van der Waals surface area (Å²) in [6.45, 7) is 6.02. The lowest BCUT2D eigenvalue weighted by Crippen LogP contribution is -2.31. The molecule has 0 radical (unpaired) electrons. The third-order valence-electron chi connectivity index (χ3n) is 4.08. The highest BCUT2D eigenvalue weighted by atomic mass is 16.4. The van der Waals surface area contributed by atoms with E-state index < -0.39 is 5.97 Å². The highest BCUT2D eigenvalue weighted by molar-refractivity contribution is 5.86. The molecule has 2 heterocycles. The molecule has 0 aliphatic carbocycles. The minimum absolute atomic E-state index is 0.114. The van der Waals surface area contributed by atoms with Crippen molar-refractivity contribution in [2.75, 3.05) is 11.4 Å². The number of fused-ring (bicyclic) bond motifs is 1. The van der Waals surface area contributed by atoms with E-state index in [0.29, 0.717) is 11.9 Å². The van der Waals surface area contributed by atoms with E-state index in [0.717, 1.165) is 19.5 Å². The van der Waals surface area contributed by atoms with E-state index in [1.54, 1.807) is 0 Å². The molecular weight excluding hydrogens is 278 g/mol. The summed E-state index contributed by atoms with van der Waals surface area (Å²) in [7, 11) is 0. The lowest BCUT2D eigenvalue weighted by atomic mass is 9.93. The predicted octanol–water partition coefficient (Wildman–Crippen LogP) is 2.86.